The molecule has 1 radical (unpaired) electrons. The summed E-state index contributed by atoms with van der Waals surface area (Å²) in [4.78, 5) is 10.4. The van der Waals surface area contributed by atoms with Crippen molar-refractivity contribution in [2.75, 3.05) is 0 Å². The van der Waals surface area contributed by atoms with E-state index in [0.717, 1.165) is 0 Å². The SMILES string of the molecule is NC(=O)c1ccccc1.[Y]. The molecule has 2 nitrogen and oxygen atoms in total. The van der Waals surface area contributed by atoms with Crippen molar-refractivity contribution in [3.63, 3.8) is 0 Å². The molecular weight excluding hydrogens is 203 g/mol. The summed E-state index contributed by atoms with van der Waals surface area (Å²) in [5.41, 5.74) is 5.53. The van der Waals surface area contributed by atoms with Gasteiger partial charge in [-0.25, -0.2) is 0 Å². The molecule has 0 unspecified atom stereocenters. The zero-order valence-electron chi connectivity index (χ0n) is 5.45. The molecule has 3 heteroatoms. The fourth-order valence-corrected chi connectivity index (χ4v) is 0.602. The molecule has 0 aliphatic heterocycles. The van der Waals surface area contributed by atoms with Gasteiger partial charge in [-0.15, -0.1) is 0 Å². The molecule has 0 saturated carbocycles. The van der Waals surface area contributed by atoms with E-state index >= 15 is 0 Å². The maximum atomic E-state index is 10.4. The van der Waals surface area contributed by atoms with Crippen molar-refractivity contribution < 1.29 is 37.5 Å². The summed E-state index contributed by atoms with van der Waals surface area (Å²) in [6, 6.07) is 8.76. The monoisotopic (exact) mass is 210 g/mol. The number of carbonyl (C=O) groups is 1. The number of rotatable bonds is 1. The van der Waals surface area contributed by atoms with Crippen LogP contribution in [-0.4, -0.2) is 5.91 Å². The van der Waals surface area contributed by atoms with Crippen LogP contribution >= 0.6 is 0 Å². The number of hydrogen-bond donors (Lipinski definition) is 1. The third-order valence-corrected chi connectivity index (χ3v) is 1.06. The average molecular weight is 210 g/mol. The van der Waals surface area contributed by atoms with Crippen molar-refractivity contribution in [2.24, 2.45) is 5.73 Å². The van der Waals surface area contributed by atoms with Crippen LogP contribution < -0.4 is 5.73 Å². The molecule has 0 spiro atoms. The minimum atomic E-state index is -0.379. The van der Waals surface area contributed by atoms with Crippen LogP contribution in [0.3, 0.4) is 0 Å². The van der Waals surface area contributed by atoms with E-state index in [0.29, 0.717) is 5.56 Å². The van der Waals surface area contributed by atoms with E-state index in [1.54, 1.807) is 24.3 Å². The van der Waals surface area contributed by atoms with Crippen LogP contribution in [-0.2, 0) is 32.7 Å². The molecule has 1 amide bonds. The van der Waals surface area contributed by atoms with Crippen LogP contribution in [0.25, 0.3) is 0 Å². The zero-order valence-corrected chi connectivity index (χ0v) is 8.29. The second-order valence-corrected chi connectivity index (χ2v) is 1.73. The van der Waals surface area contributed by atoms with Gasteiger partial charge in [0.15, 0.2) is 0 Å². The van der Waals surface area contributed by atoms with Gasteiger partial charge in [0.1, 0.15) is 0 Å². The Morgan fingerprint density at radius 1 is 1.20 bits per heavy atom. The molecule has 1 rings (SSSR count). The van der Waals surface area contributed by atoms with E-state index in [4.69, 9.17) is 5.73 Å². The van der Waals surface area contributed by atoms with Crippen LogP contribution in [0.15, 0.2) is 30.3 Å². The summed E-state index contributed by atoms with van der Waals surface area (Å²) < 4.78 is 0. The van der Waals surface area contributed by atoms with Gasteiger partial charge < -0.3 is 5.73 Å². The summed E-state index contributed by atoms with van der Waals surface area (Å²) in [5, 5.41) is 0. The van der Waals surface area contributed by atoms with E-state index in [-0.39, 0.29) is 38.6 Å². The molecule has 0 heterocycles. The van der Waals surface area contributed by atoms with Crippen molar-refractivity contribution in [2.45, 2.75) is 0 Å². The Bertz CT molecular complexity index is 210. The Morgan fingerprint density at radius 3 is 2.00 bits per heavy atom. The smallest absolute Gasteiger partial charge is 0.248 e. The number of amides is 1. The van der Waals surface area contributed by atoms with E-state index in [1.165, 1.54) is 0 Å². The minimum absolute atomic E-state index is 0. The van der Waals surface area contributed by atoms with Gasteiger partial charge in [0.2, 0.25) is 5.91 Å². The molecule has 2 N–H and O–H groups in total. The third-order valence-electron chi connectivity index (χ3n) is 1.06. The molecule has 1 aromatic carbocycles. The molecule has 0 saturated heterocycles. The second kappa shape index (κ2) is 4.58. The molecule has 0 bridgehead atoms. The van der Waals surface area contributed by atoms with Gasteiger partial charge in [-0.1, -0.05) is 18.2 Å². The van der Waals surface area contributed by atoms with Crippen molar-refractivity contribution in [1.82, 2.24) is 0 Å². The Kier molecular flexibility index (Phi) is 4.49. The van der Waals surface area contributed by atoms with Gasteiger partial charge in [-0.3, -0.25) is 4.79 Å². The molecule has 0 aliphatic carbocycles. The third kappa shape index (κ3) is 2.59. The van der Waals surface area contributed by atoms with Crippen LogP contribution in [0, 0.1) is 0 Å². The summed E-state index contributed by atoms with van der Waals surface area (Å²) in [7, 11) is 0. The fraction of sp³-hybridized carbons (Fsp3) is 0. The molecule has 0 fully saturated rings. The van der Waals surface area contributed by atoms with Gasteiger partial charge in [0.25, 0.3) is 0 Å². The van der Waals surface area contributed by atoms with E-state index < -0.39 is 0 Å². The predicted octanol–water partition coefficient (Wildman–Crippen LogP) is 0.783. The van der Waals surface area contributed by atoms with Crippen molar-refractivity contribution in [3.8, 4) is 0 Å². The van der Waals surface area contributed by atoms with E-state index in [2.05, 4.69) is 0 Å². The van der Waals surface area contributed by atoms with Gasteiger partial charge in [0, 0.05) is 38.3 Å². The van der Waals surface area contributed by atoms with Crippen molar-refractivity contribution in [1.29, 1.82) is 0 Å². The maximum Gasteiger partial charge on any atom is 0.248 e. The number of primary amides is 1. The van der Waals surface area contributed by atoms with Gasteiger partial charge >= 0.3 is 0 Å². The quantitative estimate of drug-likeness (QED) is 0.731. The molecule has 0 aromatic heterocycles. The van der Waals surface area contributed by atoms with Crippen molar-refractivity contribution in [3.05, 3.63) is 35.9 Å². The van der Waals surface area contributed by atoms with Crippen LogP contribution in [0.2, 0.25) is 0 Å². The Balaban J connectivity index is 0.000000810. The Hall–Kier alpha value is -0.206. The van der Waals surface area contributed by atoms with Crippen molar-refractivity contribution >= 4 is 5.91 Å². The number of nitrogens with two attached hydrogens (primary N) is 1. The molecule has 1 aromatic rings. The van der Waals surface area contributed by atoms with Crippen LogP contribution in [0.5, 0.6) is 0 Å². The zero-order chi connectivity index (χ0) is 6.69. The Morgan fingerprint density at radius 2 is 1.70 bits per heavy atom. The summed E-state index contributed by atoms with van der Waals surface area (Å²) >= 11 is 0. The maximum absolute atomic E-state index is 10.4. The number of benzene rings is 1. The van der Waals surface area contributed by atoms with Gasteiger partial charge in [-0.05, 0) is 12.1 Å². The summed E-state index contributed by atoms with van der Waals surface area (Å²) in [6.45, 7) is 0. The largest absolute Gasteiger partial charge is 0.366 e. The number of hydrogen-bond acceptors (Lipinski definition) is 1. The van der Waals surface area contributed by atoms with E-state index in [1.807, 2.05) is 6.07 Å². The predicted molar refractivity (Wildman–Crippen MR) is 35.0 cm³/mol. The van der Waals surface area contributed by atoms with Gasteiger partial charge in [0.05, 0.1) is 0 Å². The first-order chi connectivity index (χ1) is 4.30. The van der Waals surface area contributed by atoms with Crippen LogP contribution in [0.4, 0.5) is 0 Å². The number of carbonyl (C=O) groups excluding carboxylic acids is 1. The summed E-state index contributed by atoms with van der Waals surface area (Å²) in [6.07, 6.45) is 0. The molecule has 10 heavy (non-hydrogen) atoms. The molecule has 0 aliphatic rings. The topological polar surface area (TPSA) is 43.1 Å². The normalized spacial score (nSPS) is 8.00. The van der Waals surface area contributed by atoms with E-state index in [9.17, 15) is 4.79 Å². The van der Waals surface area contributed by atoms with Crippen LogP contribution in [0.1, 0.15) is 10.4 Å². The fourth-order valence-electron chi connectivity index (χ4n) is 0.602. The first kappa shape index (κ1) is 9.79. The first-order valence-corrected chi connectivity index (χ1v) is 2.65. The summed E-state index contributed by atoms with van der Waals surface area (Å²) in [5.74, 6) is -0.379. The second-order valence-electron chi connectivity index (χ2n) is 1.73. The average Bonchev–Trinajstić information content (AvgIpc) is 1.90. The minimum Gasteiger partial charge on any atom is -0.366 e. The standard InChI is InChI=1S/C7H7NO.Y/c8-7(9)6-4-2-1-3-5-6;/h1-5H,(H2,8,9);. The molecule has 0 atom stereocenters. The van der Waals surface area contributed by atoms with Gasteiger partial charge in [-0.2, -0.15) is 0 Å². The first-order valence-electron chi connectivity index (χ1n) is 2.65. The molecular formula is C7H7NOY. The molecule has 49 valence electrons. The Labute approximate surface area is 84.7 Å².